The number of rotatable bonds is 3. The number of aromatic nitrogens is 7. The number of hydrogen-bond donors (Lipinski definition) is 0. The van der Waals surface area contributed by atoms with E-state index in [1.54, 1.807) is 36.8 Å². The maximum atomic E-state index is 12.7. The van der Waals surface area contributed by atoms with Crippen LogP contribution < -0.4 is 5.56 Å². The van der Waals surface area contributed by atoms with Crippen LogP contribution in [0.4, 0.5) is 0 Å². The van der Waals surface area contributed by atoms with Crippen LogP contribution >= 0.6 is 11.3 Å². The summed E-state index contributed by atoms with van der Waals surface area (Å²) in [7, 11) is 1.63. The van der Waals surface area contributed by atoms with Crippen LogP contribution in [0.15, 0.2) is 34.7 Å². The van der Waals surface area contributed by atoms with Crippen molar-refractivity contribution in [3.05, 3.63) is 57.3 Å². The molecule has 0 atom stereocenters. The second-order valence-electron chi connectivity index (χ2n) is 6.18. The van der Waals surface area contributed by atoms with E-state index < -0.39 is 5.97 Å². The second-order valence-corrected chi connectivity index (χ2v) is 7.09. The Morgan fingerprint density at radius 3 is 3.04 bits per heavy atom. The summed E-state index contributed by atoms with van der Waals surface area (Å²) < 4.78 is 10.8. The summed E-state index contributed by atoms with van der Waals surface area (Å²) in [6, 6.07) is 3.55. The Morgan fingerprint density at radius 1 is 1.32 bits per heavy atom. The molecule has 0 amide bonds. The number of hydrogen-bond acceptors (Lipinski definition) is 8. The van der Waals surface area contributed by atoms with E-state index >= 15 is 0 Å². The van der Waals surface area contributed by atoms with Gasteiger partial charge in [0.25, 0.3) is 5.56 Å². The summed E-state index contributed by atoms with van der Waals surface area (Å²) in [5.74, 6) is 0.259. The Hall–Kier alpha value is -3.60. The number of ether oxygens (including phenoxy) is 1. The van der Waals surface area contributed by atoms with E-state index in [2.05, 4.69) is 20.3 Å². The smallest absolute Gasteiger partial charge is 0.344 e. The number of nitrogens with zero attached hydrogens (tertiary/aromatic N) is 7. The normalized spacial score (nSPS) is 11.6. The van der Waals surface area contributed by atoms with E-state index in [0.717, 1.165) is 0 Å². The van der Waals surface area contributed by atoms with Crippen molar-refractivity contribution in [1.29, 1.82) is 0 Å². The third kappa shape index (κ3) is 2.26. The Morgan fingerprint density at radius 2 is 2.18 bits per heavy atom. The fourth-order valence-electron chi connectivity index (χ4n) is 3.18. The number of aryl methyl sites for hydroxylation is 2. The van der Waals surface area contributed by atoms with Crippen LogP contribution in [0.25, 0.3) is 21.6 Å². The molecule has 0 fully saturated rings. The van der Waals surface area contributed by atoms with Gasteiger partial charge in [0.15, 0.2) is 18.1 Å². The molecule has 0 aliphatic rings. The maximum Gasteiger partial charge on any atom is 0.344 e. The first-order valence-corrected chi connectivity index (χ1v) is 9.21. The Kier molecular flexibility index (Phi) is 3.52. The highest BCUT2D eigenvalue weighted by Crippen LogP contribution is 2.20. The van der Waals surface area contributed by atoms with Gasteiger partial charge < -0.3 is 4.74 Å². The van der Waals surface area contributed by atoms with Crippen LogP contribution in [0.3, 0.4) is 0 Å². The molecule has 140 valence electrons. The zero-order valence-corrected chi connectivity index (χ0v) is 15.7. The van der Waals surface area contributed by atoms with Crippen LogP contribution in [0, 0.1) is 6.92 Å². The van der Waals surface area contributed by atoms with Gasteiger partial charge in [0.05, 0.1) is 11.2 Å². The number of carbonyl (C=O) groups is 1. The molecule has 11 heteroatoms. The zero-order chi connectivity index (χ0) is 19.4. The van der Waals surface area contributed by atoms with Crippen LogP contribution in [0.5, 0.6) is 0 Å². The first kappa shape index (κ1) is 16.6. The van der Waals surface area contributed by atoms with E-state index in [0.29, 0.717) is 38.7 Å². The first-order valence-electron chi connectivity index (χ1n) is 8.33. The monoisotopic (exact) mass is 395 g/mol. The van der Waals surface area contributed by atoms with Gasteiger partial charge >= 0.3 is 5.97 Å². The lowest BCUT2D eigenvalue weighted by atomic mass is 10.2. The van der Waals surface area contributed by atoms with Gasteiger partial charge in [-0.2, -0.15) is 5.10 Å². The average molecular weight is 395 g/mol. The molecule has 0 aliphatic carbocycles. The minimum atomic E-state index is -0.547. The summed E-state index contributed by atoms with van der Waals surface area (Å²) in [6.45, 7) is 1.62. The predicted octanol–water partition coefficient (Wildman–Crippen LogP) is 1.35. The number of thiophene rings is 1. The molecule has 5 heterocycles. The highest BCUT2D eigenvalue weighted by Gasteiger charge is 2.21. The third-order valence-electron chi connectivity index (χ3n) is 4.50. The first-order chi connectivity index (χ1) is 13.6. The highest BCUT2D eigenvalue weighted by atomic mass is 32.1. The van der Waals surface area contributed by atoms with Crippen molar-refractivity contribution in [3.63, 3.8) is 0 Å². The Labute approximate surface area is 160 Å². The van der Waals surface area contributed by atoms with Crippen LogP contribution in [0.1, 0.15) is 21.9 Å². The summed E-state index contributed by atoms with van der Waals surface area (Å²) in [4.78, 5) is 29.3. The van der Waals surface area contributed by atoms with Crippen molar-refractivity contribution >= 4 is 38.9 Å². The van der Waals surface area contributed by atoms with Gasteiger partial charge in [-0.05, 0) is 24.4 Å². The molecular weight excluding hydrogens is 382 g/mol. The summed E-state index contributed by atoms with van der Waals surface area (Å²) in [6.07, 6.45) is 3.30. The minimum absolute atomic E-state index is 0.104. The summed E-state index contributed by atoms with van der Waals surface area (Å²) in [5, 5.41) is 14.3. The largest absolute Gasteiger partial charge is 0.454 e. The van der Waals surface area contributed by atoms with Gasteiger partial charge in [-0.3, -0.25) is 13.8 Å². The van der Waals surface area contributed by atoms with Gasteiger partial charge in [-0.1, -0.05) is 0 Å². The number of carbonyl (C=O) groups excluding carboxylic acids is 1. The molecule has 0 spiro atoms. The molecule has 5 aromatic rings. The van der Waals surface area contributed by atoms with Gasteiger partial charge in [0.2, 0.25) is 5.78 Å². The SMILES string of the molecule is Cc1nn2cccnc2c1C(=O)OCc1nnc2n(C)c(=O)c3sccc3n12. The molecule has 0 aliphatic heterocycles. The molecule has 0 radical (unpaired) electrons. The van der Waals surface area contributed by atoms with Gasteiger partial charge in [0.1, 0.15) is 10.3 Å². The van der Waals surface area contributed by atoms with Crippen molar-refractivity contribution in [2.45, 2.75) is 13.5 Å². The van der Waals surface area contributed by atoms with Crippen LogP contribution in [-0.2, 0) is 18.4 Å². The fourth-order valence-corrected chi connectivity index (χ4v) is 4.04. The maximum absolute atomic E-state index is 12.7. The van der Waals surface area contributed by atoms with E-state index in [-0.39, 0.29) is 12.2 Å². The lowest BCUT2D eigenvalue weighted by Crippen LogP contribution is -2.19. The molecule has 0 saturated carbocycles. The molecule has 0 aromatic carbocycles. The summed E-state index contributed by atoms with van der Waals surface area (Å²) >= 11 is 1.34. The zero-order valence-electron chi connectivity index (χ0n) is 14.9. The molecule has 0 N–H and O–H groups in total. The van der Waals surface area contributed by atoms with E-state index in [4.69, 9.17) is 4.74 Å². The average Bonchev–Trinajstić information content (AvgIpc) is 3.39. The third-order valence-corrected chi connectivity index (χ3v) is 5.40. The van der Waals surface area contributed by atoms with Gasteiger partial charge in [-0.25, -0.2) is 14.3 Å². The van der Waals surface area contributed by atoms with Crippen LogP contribution in [0.2, 0.25) is 0 Å². The van der Waals surface area contributed by atoms with Crippen molar-refractivity contribution in [3.8, 4) is 0 Å². The molecule has 28 heavy (non-hydrogen) atoms. The number of esters is 1. The molecule has 5 aromatic heterocycles. The molecule has 0 bridgehead atoms. The van der Waals surface area contributed by atoms with Crippen LogP contribution in [-0.4, -0.2) is 39.7 Å². The summed E-state index contributed by atoms with van der Waals surface area (Å²) in [5.41, 5.74) is 1.81. The Balaban J connectivity index is 1.54. The Bertz CT molecular complexity index is 1440. The second kappa shape index (κ2) is 5.96. The van der Waals surface area contributed by atoms with E-state index in [9.17, 15) is 9.59 Å². The van der Waals surface area contributed by atoms with Gasteiger partial charge in [0, 0.05) is 19.4 Å². The molecule has 0 unspecified atom stereocenters. The molecule has 10 nitrogen and oxygen atoms in total. The van der Waals surface area contributed by atoms with Crippen molar-refractivity contribution in [1.82, 2.24) is 33.8 Å². The van der Waals surface area contributed by atoms with Crippen molar-refractivity contribution in [2.75, 3.05) is 0 Å². The van der Waals surface area contributed by atoms with Crippen molar-refractivity contribution < 1.29 is 9.53 Å². The quantitative estimate of drug-likeness (QED) is 0.424. The highest BCUT2D eigenvalue weighted by molar-refractivity contribution is 7.17. The number of fused-ring (bicyclic) bond motifs is 4. The predicted molar refractivity (Wildman–Crippen MR) is 100 cm³/mol. The standard InChI is InChI=1S/C17H13N7O3S/c1-9-12(14-18-5-3-6-23(14)21-9)16(26)27-8-11-19-20-17-22(2)15(25)13-10(24(11)17)4-7-28-13/h3-7H,8H2,1-2H3. The lowest BCUT2D eigenvalue weighted by Gasteiger charge is -2.06. The van der Waals surface area contributed by atoms with Crippen molar-refractivity contribution in [2.24, 2.45) is 7.05 Å². The van der Waals surface area contributed by atoms with E-state index in [1.807, 2.05) is 11.4 Å². The minimum Gasteiger partial charge on any atom is -0.454 e. The fraction of sp³-hybridized carbons (Fsp3) is 0.176. The molecular formula is C17H13N7O3S. The molecule has 0 saturated heterocycles. The molecule has 5 rings (SSSR count). The van der Waals surface area contributed by atoms with E-state index in [1.165, 1.54) is 20.4 Å². The topological polar surface area (TPSA) is 109 Å². The lowest BCUT2D eigenvalue weighted by molar-refractivity contribution is 0.0462. The van der Waals surface area contributed by atoms with Gasteiger partial charge in [-0.15, -0.1) is 21.5 Å².